The van der Waals surface area contributed by atoms with E-state index in [0.717, 1.165) is 16.8 Å². The third-order valence-corrected chi connectivity index (χ3v) is 3.16. The zero-order valence-corrected chi connectivity index (χ0v) is 12.0. The molecule has 1 amide bonds. The monoisotopic (exact) mass is 281 g/mol. The average Bonchev–Trinajstić information content (AvgIpc) is 2.52. The number of hydrogen-bond donors (Lipinski definition) is 2. The van der Waals surface area contributed by atoms with Crippen molar-refractivity contribution in [2.45, 2.75) is 19.8 Å². The Hall–Kier alpha value is -2.62. The molecule has 0 aliphatic rings. The maximum atomic E-state index is 11.8. The summed E-state index contributed by atoms with van der Waals surface area (Å²) < 4.78 is 0. The van der Waals surface area contributed by atoms with Gasteiger partial charge in [0, 0.05) is 12.1 Å². The molecule has 0 bridgehead atoms. The summed E-state index contributed by atoms with van der Waals surface area (Å²) in [6.07, 6.45) is 1.13. The van der Waals surface area contributed by atoms with Crippen LogP contribution < -0.4 is 11.2 Å². The number of carbonyl (C=O) groups is 1. The summed E-state index contributed by atoms with van der Waals surface area (Å²) in [5, 5.41) is 4.11. The van der Waals surface area contributed by atoms with Crippen molar-refractivity contribution >= 4 is 17.3 Å². The lowest BCUT2D eigenvalue weighted by atomic mass is 10.1. The normalized spacial score (nSPS) is 11.2. The van der Waals surface area contributed by atoms with Crippen LogP contribution >= 0.6 is 0 Å². The van der Waals surface area contributed by atoms with Crippen molar-refractivity contribution in [2.75, 3.05) is 5.73 Å². The second-order valence-corrected chi connectivity index (χ2v) is 4.84. The molecule has 2 rings (SSSR count). The van der Waals surface area contributed by atoms with E-state index in [2.05, 4.69) is 10.5 Å². The number of aryl methyl sites for hydroxylation is 1. The van der Waals surface area contributed by atoms with E-state index >= 15 is 0 Å². The van der Waals surface area contributed by atoms with Crippen molar-refractivity contribution in [2.24, 2.45) is 5.10 Å². The van der Waals surface area contributed by atoms with Crippen LogP contribution in [-0.4, -0.2) is 11.6 Å². The van der Waals surface area contributed by atoms with Crippen LogP contribution in [0.1, 0.15) is 24.5 Å². The van der Waals surface area contributed by atoms with Gasteiger partial charge in [0.2, 0.25) is 5.91 Å². The van der Waals surface area contributed by atoms with Gasteiger partial charge in [0.15, 0.2) is 0 Å². The van der Waals surface area contributed by atoms with Gasteiger partial charge in [-0.25, -0.2) is 5.43 Å². The summed E-state index contributed by atoms with van der Waals surface area (Å²) in [6.45, 7) is 1.85. The highest BCUT2D eigenvalue weighted by atomic mass is 16.2. The van der Waals surface area contributed by atoms with Gasteiger partial charge in [0.25, 0.3) is 0 Å². The largest absolute Gasteiger partial charge is 0.399 e. The molecule has 108 valence electrons. The molecule has 0 fully saturated rings. The molecule has 0 aliphatic heterocycles. The molecule has 4 heteroatoms. The number of rotatable bonds is 5. The first-order valence-electron chi connectivity index (χ1n) is 6.88. The molecule has 2 aromatic carbocycles. The predicted molar refractivity (Wildman–Crippen MR) is 86.0 cm³/mol. The van der Waals surface area contributed by atoms with Gasteiger partial charge in [-0.1, -0.05) is 42.5 Å². The first-order valence-corrected chi connectivity index (χ1v) is 6.88. The molecule has 4 nitrogen and oxygen atoms in total. The fourth-order valence-electron chi connectivity index (χ4n) is 1.89. The zero-order chi connectivity index (χ0) is 15.1. The highest BCUT2D eigenvalue weighted by Gasteiger charge is 2.02. The SMILES string of the molecule is CC(=NNC(=O)CCc1ccccc1)c1ccc(N)cc1. The minimum atomic E-state index is -0.0892. The van der Waals surface area contributed by atoms with Gasteiger partial charge in [0.1, 0.15) is 0 Å². The number of carbonyl (C=O) groups excluding carboxylic acids is 1. The molecular formula is C17H19N3O. The summed E-state index contributed by atoms with van der Waals surface area (Å²) in [5.74, 6) is -0.0892. The van der Waals surface area contributed by atoms with Gasteiger partial charge >= 0.3 is 0 Å². The fraction of sp³-hybridized carbons (Fsp3) is 0.176. The third-order valence-electron chi connectivity index (χ3n) is 3.16. The van der Waals surface area contributed by atoms with Gasteiger partial charge in [-0.15, -0.1) is 0 Å². The number of hydrogen-bond acceptors (Lipinski definition) is 3. The number of anilines is 1. The Balaban J connectivity index is 1.85. The Bertz CT molecular complexity index is 618. The molecule has 0 atom stereocenters. The van der Waals surface area contributed by atoms with Crippen LogP contribution in [0.2, 0.25) is 0 Å². The Morgan fingerprint density at radius 3 is 2.43 bits per heavy atom. The van der Waals surface area contributed by atoms with E-state index < -0.39 is 0 Å². The molecule has 2 aromatic rings. The van der Waals surface area contributed by atoms with Gasteiger partial charge in [-0.05, 0) is 36.6 Å². The Labute approximate surface area is 124 Å². The van der Waals surface area contributed by atoms with Crippen molar-refractivity contribution in [3.05, 3.63) is 65.7 Å². The summed E-state index contributed by atoms with van der Waals surface area (Å²) >= 11 is 0. The number of nitrogens with zero attached hydrogens (tertiary/aromatic N) is 1. The number of amides is 1. The number of hydrazone groups is 1. The van der Waals surface area contributed by atoms with Crippen LogP contribution in [0.25, 0.3) is 0 Å². The van der Waals surface area contributed by atoms with Crippen LogP contribution in [0.3, 0.4) is 0 Å². The highest BCUT2D eigenvalue weighted by Crippen LogP contribution is 2.06. The lowest BCUT2D eigenvalue weighted by Crippen LogP contribution is -2.19. The van der Waals surface area contributed by atoms with Crippen molar-refractivity contribution in [3.8, 4) is 0 Å². The molecule has 3 N–H and O–H groups in total. The van der Waals surface area contributed by atoms with Crippen molar-refractivity contribution < 1.29 is 4.79 Å². The number of nitrogens with two attached hydrogens (primary N) is 1. The first kappa shape index (κ1) is 14.8. The fourth-order valence-corrected chi connectivity index (χ4v) is 1.89. The molecular weight excluding hydrogens is 262 g/mol. The van der Waals surface area contributed by atoms with Crippen molar-refractivity contribution in [1.29, 1.82) is 0 Å². The predicted octanol–water partition coefficient (Wildman–Crippen LogP) is 2.74. The Morgan fingerprint density at radius 1 is 1.10 bits per heavy atom. The minimum absolute atomic E-state index is 0.0892. The molecule has 0 heterocycles. The van der Waals surface area contributed by atoms with Crippen molar-refractivity contribution in [3.63, 3.8) is 0 Å². The average molecular weight is 281 g/mol. The standard InChI is InChI=1S/C17H19N3O/c1-13(15-8-10-16(18)11-9-15)19-20-17(21)12-7-14-5-3-2-4-6-14/h2-6,8-11H,7,12,18H2,1H3,(H,20,21). The smallest absolute Gasteiger partial charge is 0.240 e. The molecule has 0 aromatic heterocycles. The van der Waals surface area contributed by atoms with Crippen LogP contribution in [0.5, 0.6) is 0 Å². The zero-order valence-electron chi connectivity index (χ0n) is 12.0. The molecule has 0 spiro atoms. The molecule has 21 heavy (non-hydrogen) atoms. The first-order chi connectivity index (χ1) is 10.1. The van der Waals surface area contributed by atoms with Crippen molar-refractivity contribution in [1.82, 2.24) is 5.43 Å². The van der Waals surface area contributed by atoms with E-state index in [-0.39, 0.29) is 5.91 Å². The van der Waals surface area contributed by atoms with Gasteiger partial charge in [-0.2, -0.15) is 5.10 Å². The van der Waals surface area contributed by atoms with E-state index in [9.17, 15) is 4.79 Å². The lowest BCUT2D eigenvalue weighted by molar-refractivity contribution is -0.121. The van der Waals surface area contributed by atoms with Gasteiger partial charge < -0.3 is 5.73 Å². The summed E-state index contributed by atoms with van der Waals surface area (Å²) in [4.78, 5) is 11.8. The quantitative estimate of drug-likeness (QED) is 0.502. The second kappa shape index (κ2) is 7.24. The highest BCUT2D eigenvalue weighted by molar-refractivity contribution is 5.99. The third kappa shape index (κ3) is 4.76. The Morgan fingerprint density at radius 2 is 1.76 bits per heavy atom. The number of benzene rings is 2. The van der Waals surface area contributed by atoms with Crippen LogP contribution in [-0.2, 0) is 11.2 Å². The van der Waals surface area contributed by atoms with E-state index in [1.54, 1.807) is 0 Å². The molecule has 0 radical (unpaired) electrons. The maximum Gasteiger partial charge on any atom is 0.240 e. The van der Waals surface area contributed by atoms with E-state index in [4.69, 9.17) is 5.73 Å². The number of nitrogen functional groups attached to an aromatic ring is 1. The summed E-state index contributed by atoms with van der Waals surface area (Å²) in [6, 6.07) is 17.3. The Kier molecular flexibility index (Phi) is 5.10. The van der Waals surface area contributed by atoms with E-state index in [0.29, 0.717) is 18.5 Å². The van der Waals surface area contributed by atoms with Crippen LogP contribution in [0, 0.1) is 0 Å². The maximum absolute atomic E-state index is 11.8. The molecule has 0 unspecified atom stereocenters. The van der Waals surface area contributed by atoms with Gasteiger partial charge in [-0.3, -0.25) is 4.79 Å². The van der Waals surface area contributed by atoms with E-state index in [1.807, 2.05) is 61.5 Å². The topological polar surface area (TPSA) is 67.5 Å². The second-order valence-electron chi connectivity index (χ2n) is 4.84. The van der Waals surface area contributed by atoms with Gasteiger partial charge in [0.05, 0.1) is 5.71 Å². The molecule has 0 saturated carbocycles. The van der Waals surface area contributed by atoms with Crippen LogP contribution in [0.4, 0.5) is 5.69 Å². The number of nitrogens with one attached hydrogen (secondary N) is 1. The summed E-state index contributed by atoms with van der Waals surface area (Å²) in [7, 11) is 0. The van der Waals surface area contributed by atoms with E-state index in [1.165, 1.54) is 0 Å². The molecule has 0 saturated heterocycles. The minimum Gasteiger partial charge on any atom is -0.399 e. The lowest BCUT2D eigenvalue weighted by Gasteiger charge is -2.04. The summed E-state index contributed by atoms with van der Waals surface area (Å²) in [5.41, 5.74) is 11.8. The molecule has 0 aliphatic carbocycles. The van der Waals surface area contributed by atoms with Crippen LogP contribution in [0.15, 0.2) is 59.7 Å².